The van der Waals surface area contributed by atoms with E-state index in [-0.39, 0.29) is 31.3 Å². The molecular formula is C13H19N3O4S. The Labute approximate surface area is 126 Å². The predicted octanol–water partition coefficient (Wildman–Crippen LogP) is -0.133. The Kier molecular flexibility index (Phi) is 5.29. The van der Waals surface area contributed by atoms with Gasteiger partial charge in [0.1, 0.15) is 5.00 Å². The molecule has 1 aliphatic rings. The molecular weight excluding hydrogens is 294 g/mol. The number of carbonyl (C=O) groups is 2. The van der Waals surface area contributed by atoms with Crippen molar-refractivity contribution in [2.45, 2.75) is 19.1 Å². The third-order valence-electron chi connectivity index (χ3n) is 3.16. The number of carbonyl (C=O) groups excluding carboxylic acids is 2. The van der Waals surface area contributed by atoms with Crippen molar-refractivity contribution in [3.8, 4) is 0 Å². The first-order valence-corrected chi connectivity index (χ1v) is 7.53. The standard InChI is InChI=1S/C13H19N3O4S/c1-8-4-16(5-9(7-17)20-8)6-11(18)15-13-10(12(14)19)2-3-21-13/h2-3,8-9,17H,4-7H2,1H3,(H2,14,19)(H,15,18). The predicted molar refractivity (Wildman–Crippen MR) is 79.3 cm³/mol. The van der Waals surface area contributed by atoms with Crippen LogP contribution in [0.2, 0.25) is 0 Å². The van der Waals surface area contributed by atoms with Gasteiger partial charge in [0.05, 0.1) is 30.9 Å². The molecule has 1 aromatic rings. The summed E-state index contributed by atoms with van der Waals surface area (Å²) in [6.07, 6.45) is -0.309. The Morgan fingerprint density at radius 2 is 2.33 bits per heavy atom. The van der Waals surface area contributed by atoms with Crippen LogP contribution in [0.25, 0.3) is 0 Å². The van der Waals surface area contributed by atoms with Crippen molar-refractivity contribution >= 4 is 28.2 Å². The summed E-state index contributed by atoms with van der Waals surface area (Å²) in [5, 5.41) is 14.0. The summed E-state index contributed by atoms with van der Waals surface area (Å²) in [5.41, 5.74) is 5.55. The third kappa shape index (κ3) is 4.24. The highest BCUT2D eigenvalue weighted by atomic mass is 32.1. The van der Waals surface area contributed by atoms with Crippen LogP contribution in [0, 0.1) is 0 Å². The lowest BCUT2D eigenvalue weighted by Crippen LogP contribution is -2.50. The van der Waals surface area contributed by atoms with E-state index in [1.807, 2.05) is 11.8 Å². The second-order valence-corrected chi connectivity index (χ2v) is 5.94. The van der Waals surface area contributed by atoms with Gasteiger partial charge in [-0.15, -0.1) is 11.3 Å². The Bertz CT molecular complexity index is 519. The van der Waals surface area contributed by atoms with Crippen LogP contribution in [-0.4, -0.2) is 60.3 Å². The van der Waals surface area contributed by atoms with Gasteiger partial charge < -0.3 is 20.9 Å². The van der Waals surface area contributed by atoms with Crippen LogP contribution in [-0.2, 0) is 9.53 Å². The quantitative estimate of drug-likeness (QED) is 0.702. The van der Waals surface area contributed by atoms with Gasteiger partial charge in [-0.05, 0) is 18.4 Å². The second-order valence-electron chi connectivity index (χ2n) is 5.02. The second kappa shape index (κ2) is 6.99. The maximum atomic E-state index is 12.1. The van der Waals surface area contributed by atoms with Gasteiger partial charge in [0.15, 0.2) is 0 Å². The molecule has 116 valence electrons. The third-order valence-corrected chi connectivity index (χ3v) is 3.99. The Morgan fingerprint density at radius 3 is 3.00 bits per heavy atom. The summed E-state index contributed by atoms with van der Waals surface area (Å²) in [5.74, 6) is -0.780. The van der Waals surface area contributed by atoms with Gasteiger partial charge in [0.25, 0.3) is 5.91 Å². The zero-order chi connectivity index (χ0) is 15.4. The lowest BCUT2D eigenvalue weighted by Gasteiger charge is -2.35. The maximum absolute atomic E-state index is 12.1. The minimum Gasteiger partial charge on any atom is -0.394 e. The number of nitrogens with one attached hydrogen (secondary N) is 1. The van der Waals surface area contributed by atoms with Crippen molar-refractivity contribution in [2.24, 2.45) is 5.73 Å². The molecule has 0 spiro atoms. The van der Waals surface area contributed by atoms with Gasteiger partial charge in [-0.2, -0.15) is 0 Å². The molecule has 2 amide bonds. The van der Waals surface area contributed by atoms with Gasteiger partial charge in [-0.25, -0.2) is 0 Å². The summed E-state index contributed by atoms with van der Waals surface area (Å²) >= 11 is 1.26. The number of hydrogen-bond acceptors (Lipinski definition) is 6. The van der Waals surface area contributed by atoms with E-state index in [2.05, 4.69) is 5.32 Å². The molecule has 0 radical (unpaired) electrons. The van der Waals surface area contributed by atoms with E-state index < -0.39 is 5.91 Å². The number of rotatable bonds is 5. The van der Waals surface area contributed by atoms with E-state index in [1.54, 1.807) is 11.4 Å². The number of nitrogens with zero attached hydrogens (tertiary/aromatic N) is 1. The molecule has 1 saturated heterocycles. The lowest BCUT2D eigenvalue weighted by molar-refractivity contribution is -0.124. The van der Waals surface area contributed by atoms with Crippen LogP contribution >= 0.6 is 11.3 Å². The molecule has 2 atom stereocenters. The van der Waals surface area contributed by atoms with Crippen molar-refractivity contribution in [3.63, 3.8) is 0 Å². The van der Waals surface area contributed by atoms with Crippen molar-refractivity contribution in [1.82, 2.24) is 4.90 Å². The minimum absolute atomic E-state index is 0.0355. The van der Waals surface area contributed by atoms with Crippen LogP contribution in [0.1, 0.15) is 17.3 Å². The average molecular weight is 313 g/mol. The number of amides is 2. The molecule has 7 nitrogen and oxygen atoms in total. The number of morpholine rings is 1. The molecule has 8 heteroatoms. The van der Waals surface area contributed by atoms with Crippen molar-refractivity contribution in [1.29, 1.82) is 0 Å². The molecule has 0 saturated carbocycles. The minimum atomic E-state index is -0.563. The first kappa shape index (κ1) is 15.9. The molecule has 1 fully saturated rings. The molecule has 21 heavy (non-hydrogen) atoms. The molecule has 2 unspecified atom stereocenters. The van der Waals surface area contributed by atoms with E-state index in [4.69, 9.17) is 15.6 Å². The van der Waals surface area contributed by atoms with E-state index in [0.29, 0.717) is 23.7 Å². The highest BCUT2D eigenvalue weighted by Gasteiger charge is 2.26. The number of hydrogen-bond donors (Lipinski definition) is 3. The lowest BCUT2D eigenvalue weighted by atomic mass is 10.2. The number of anilines is 1. The number of ether oxygens (including phenoxy) is 1. The summed E-state index contributed by atoms with van der Waals surface area (Å²) in [6.45, 7) is 3.13. The largest absolute Gasteiger partial charge is 0.394 e. The van der Waals surface area contributed by atoms with Crippen LogP contribution in [0.15, 0.2) is 11.4 Å². The Hall–Kier alpha value is -1.48. The smallest absolute Gasteiger partial charge is 0.251 e. The van der Waals surface area contributed by atoms with Gasteiger partial charge in [0.2, 0.25) is 5.91 Å². The summed E-state index contributed by atoms with van der Waals surface area (Å²) < 4.78 is 5.52. The van der Waals surface area contributed by atoms with Crippen LogP contribution in [0.4, 0.5) is 5.00 Å². The fourth-order valence-electron chi connectivity index (χ4n) is 2.34. The Balaban J connectivity index is 1.92. The fourth-order valence-corrected chi connectivity index (χ4v) is 3.15. The first-order chi connectivity index (χ1) is 9.99. The summed E-state index contributed by atoms with van der Waals surface area (Å²) in [7, 11) is 0. The van der Waals surface area contributed by atoms with Crippen LogP contribution in [0.3, 0.4) is 0 Å². The van der Waals surface area contributed by atoms with Gasteiger partial charge in [0, 0.05) is 13.1 Å². The number of aliphatic hydroxyl groups is 1. The molecule has 2 rings (SSSR count). The van der Waals surface area contributed by atoms with Crippen LogP contribution in [0.5, 0.6) is 0 Å². The SMILES string of the molecule is CC1CN(CC(=O)Nc2sccc2C(N)=O)CC(CO)O1. The van der Waals surface area contributed by atoms with Gasteiger partial charge in [-0.1, -0.05) is 0 Å². The van der Waals surface area contributed by atoms with Gasteiger partial charge >= 0.3 is 0 Å². The number of thiophene rings is 1. The van der Waals surface area contributed by atoms with E-state index in [9.17, 15) is 9.59 Å². The zero-order valence-electron chi connectivity index (χ0n) is 11.7. The highest BCUT2D eigenvalue weighted by Crippen LogP contribution is 2.22. The number of aliphatic hydroxyl groups excluding tert-OH is 1. The van der Waals surface area contributed by atoms with Crippen molar-refractivity contribution < 1.29 is 19.4 Å². The topological polar surface area (TPSA) is 105 Å². The molecule has 0 bridgehead atoms. The van der Waals surface area contributed by atoms with Crippen molar-refractivity contribution in [3.05, 3.63) is 17.0 Å². The monoisotopic (exact) mass is 313 g/mol. The van der Waals surface area contributed by atoms with E-state index in [0.717, 1.165) is 0 Å². The highest BCUT2D eigenvalue weighted by molar-refractivity contribution is 7.14. The normalized spacial score (nSPS) is 23.0. The van der Waals surface area contributed by atoms with Gasteiger partial charge in [-0.3, -0.25) is 14.5 Å². The molecule has 1 aliphatic heterocycles. The number of primary amides is 1. The van der Waals surface area contributed by atoms with Crippen molar-refractivity contribution in [2.75, 3.05) is 31.6 Å². The average Bonchev–Trinajstić information content (AvgIpc) is 2.85. The fraction of sp³-hybridized carbons (Fsp3) is 0.538. The first-order valence-electron chi connectivity index (χ1n) is 6.65. The van der Waals surface area contributed by atoms with Crippen LogP contribution < -0.4 is 11.1 Å². The molecule has 1 aromatic heterocycles. The zero-order valence-corrected chi connectivity index (χ0v) is 12.6. The maximum Gasteiger partial charge on any atom is 0.251 e. The van der Waals surface area contributed by atoms with E-state index >= 15 is 0 Å². The number of nitrogens with two attached hydrogens (primary N) is 1. The molecule has 0 aliphatic carbocycles. The summed E-state index contributed by atoms with van der Waals surface area (Å²) in [6, 6.07) is 1.58. The van der Waals surface area contributed by atoms with E-state index in [1.165, 1.54) is 11.3 Å². The Morgan fingerprint density at radius 1 is 1.57 bits per heavy atom. The molecule has 0 aromatic carbocycles. The molecule has 2 heterocycles. The summed E-state index contributed by atoms with van der Waals surface area (Å²) in [4.78, 5) is 25.2. The molecule has 4 N–H and O–H groups in total.